The summed E-state index contributed by atoms with van der Waals surface area (Å²) in [5, 5.41) is 4.44. The number of methoxy groups -OCH3 is 1. The van der Waals surface area contributed by atoms with E-state index in [0.717, 1.165) is 29.5 Å². The molecule has 2 aromatic heterocycles. The van der Waals surface area contributed by atoms with Gasteiger partial charge in [-0.3, -0.25) is 4.68 Å². The predicted octanol–water partition coefficient (Wildman–Crippen LogP) is 2.95. The summed E-state index contributed by atoms with van der Waals surface area (Å²) in [5.41, 5.74) is 1.46. The Morgan fingerprint density at radius 3 is 2.72 bits per heavy atom. The van der Waals surface area contributed by atoms with Crippen molar-refractivity contribution in [3.05, 3.63) is 35.5 Å². The lowest BCUT2D eigenvalue weighted by molar-refractivity contribution is 0.0285. The zero-order chi connectivity index (χ0) is 18.4. The van der Waals surface area contributed by atoms with Gasteiger partial charge in [0.1, 0.15) is 18.3 Å². The monoisotopic (exact) mass is 349 g/mol. The van der Waals surface area contributed by atoms with E-state index in [9.17, 15) is 4.39 Å². The van der Waals surface area contributed by atoms with Crippen LogP contribution in [0.4, 0.5) is 10.2 Å². The lowest BCUT2D eigenvalue weighted by Gasteiger charge is -2.32. The smallest absolute Gasteiger partial charge is 0.132 e. The molecule has 138 valence electrons. The maximum Gasteiger partial charge on any atom is 0.132 e. The minimum atomic E-state index is -0.424. The molecule has 25 heavy (non-hydrogen) atoms. The lowest BCUT2D eigenvalue weighted by atomic mass is 10.1. The van der Waals surface area contributed by atoms with Crippen LogP contribution in [-0.2, 0) is 24.2 Å². The summed E-state index contributed by atoms with van der Waals surface area (Å²) in [4.78, 5) is 11.3. The van der Waals surface area contributed by atoms with Crippen molar-refractivity contribution in [3.8, 4) is 0 Å². The number of aryl methyl sites for hydroxylation is 3. The molecule has 0 atom stereocenters. The average Bonchev–Trinajstić information content (AvgIpc) is 3.01. The van der Waals surface area contributed by atoms with Crippen LogP contribution >= 0.6 is 0 Å². The van der Waals surface area contributed by atoms with Gasteiger partial charge in [-0.05, 0) is 26.8 Å². The molecule has 0 aliphatic heterocycles. The topological polar surface area (TPSA) is 56.1 Å². The largest absolute Gasteiger partial charge is 0.377 e. The summed E-state index contributed by atoms with van der Waals surface area (Å²) in [6.07, 6.45) is 2.58. The van der Waals surface area contributed by atoms with E-state index in [1.807, 2.05) is 39.8 Å². The number of ether oxygens (including phenoxy) is 1. The molecule has 7 heteroatoms. The van der Waals surface area contributed by atoms with Crippen molar-refractivity contribution in [1.29, 1.82) is 0 Å². The van der Waals surface area contributed by atoms with Crippen LogP contribution in [-0.4, -0.2) is 45.7 Å². The Morgan fingerprint density at radius 1 is 1.32 bits per heavy atom. The summed E-state index contributed by atoms with van der Waals surface area (Å²) in [7, 11) is 1.71. The van der Waals surface area contributed by atoms with Crippen molar-refractivity contribution in [1.82, 2.24) is 19.7 Å². The van der Waals surface area contributed by atoms with Crippen molar-refractivity contribution in [2.45, 2.75) is 52.8 Å². The van der Waals surface area contributed by atoms with Gasteiger partial charge >= 0.3 is 0 Å². The molecule has 0 saturated carbocycles. The van der Waals surface area contributed by atoms with Crippen molar-refractivity contribution in [2.75, 3.05) is 25.2 Å². The van der Waals surface area contributed by atoms with E-state index in [2.05, 4.69) is 20.0 Å². The highest BCUT2D eigenvalue weighted by Gasteiger charge is 2.23. The van der Waals surface area contributed by atoms with E-state index in [4.69, 9.17) is 4.74 Å². The molecule has 0 radical (unpaired) electrons. The first-order valence-electron chi connectivity index (χ1n) is 8.60. The zero-order valence-corrected chi connectivity index (χ0v) is 15.8. The minimum absolute atomic E-state index is 0.274. The van der Waals surface area contributed by atoms with Crippen molar-refractivity contribution in [3.63, 3.8) is 0 Å². The molecule has 0 unspecified atom stereocenters. The SMILES string of the molecule is CCc1nc(C)cc(N(Cc2ccn(CCF)n2)CC(C)(C)OC)n1. The first-order valence-corrected chi connectivity index (χ1v) is 8.60. The molecule has 0 aliphatic rings. The summed E-state index contributed by atoms with van der Waals surface area (Å²) in [6.45, 7) is 9.17. The fraction of sp³-hybridized carbons (Fsp3) is 0.611. The molecular weight excluding hydrogens is 321 g/mol. The molecule has 0 spiro atoms. The summed E-state index contributed by atoms with van der Waals surface area (Å²) in [5.74, 6) is 1.67. The number of alkyl halides is 1. The van der Waals surface area contributed by atoms with Gasteiger partial charge in [-0.2, -0.15) is 5.10 Å². The molecule has 0 bridgehead atoms. The van der Waals surface area contributed by atoms with E-state index in [1.54, 1.807) is 18.0 Å². The van der Waals surface area contributed by atoms with Crippen LogP contribution in [0.25, 0.3) is 0 Å². The van der Waals surface area contributed by atoms with Crippen molar-refractivity contribution < 1.29 is 9.13 Å². The van der Waals surface area contributed by atoms with Gasteiger partial charge in [-0.1, -0.05) is 6.92 Å². The number of rotatable bonds is 9. The van der Waals surface area contributed by atoms with Gasteiger partial charge in [0, 0.05) is 38.0 Å². The lowest BCUT2D eigenvalue weighted by Crippen LogP contribution is -2.40. The quantitative estimate of drug-likeness (QED) is 0.697. The maximum absolute atomic E-state index is 12.5. The molecule has 6 nitrogen and oxygen atoms in total. The second-order valence-corrected chi connectivity index (χ2v) is 6.72. The van der Waals surface area contributed by atoms with Crippen LogP contribution in [0.1, 0.15) is 38.0 Å². The third-order valence-corrected chi connectivity index (χ3v) is 4.01. The van der Waals surface area contributed by atoms with Gasteiger partial charge in [0.05, 0.1) is 24.4 Å². The summed E-state index contributed by atoms with van der Waals surface area (Å²) in [6, 6.07) is 3.89. The molecule has 2 heterocycles. The summed E-state index contributed by atoms with van der Waals surface area (Å²) < 4.78 is 19.7. The van der Waals surface area contributed by atoms with Crippen LogP contribution < -0.4 is 4.90 Å². The van der Waals surface area contributed by atoms with Crippen molar-refractivity contribution in [2.24, 2.45) is 0 Å². The first kappa shape index (κ1) is 19.3. The predicted molar refractivity (Wildman–Crippen MR) is 96.5 cm³/mol. The molecule has 0 aromatic carbocycles. The highest BCUT2D eigenvalue weighted by molar-refractivity contribution is 5.41. The number of anilines is 1. The maximum atomic E-state index is 12.5. The van der Waals surface area contributed by atoms with Crippen molar-refractivity contribution >= 4 is 5.82 Å². The van der Waals surface area contributed by atoms with Gasteiger partial charge in [-0.15, -0.1) is 0 Å². The van der Waals surface area contributed by atoms with Crippen LogP contribution in [0.5, 0.6) is 0 Å². The fourth-order valence-electron chi connectivity index (χ4n) is 2.57. The van der Waals surface area contributed by atoms with Gasteiger partial charge in [0.2, 0.25) is 0 Å². The molecule has 0 aliphatic carbocycles. The van der Waals surface area contributed by atoms with E-state index < -0.39 is 6.67 Å². The van der Waals surface area contributed by atoms with Crippen LogP contribution in [0.3, 0.4) is 0 Å². The Hall–Kier alpha value is -2.02. The fourth-order valence-corrected chi connectivity index (χ4v) is 2.57. The number of hydrogen-bond donors (Lipinski definition) is 0. The van der Waals surface area contributed by atoms with Crippen LogP contribution in [0.15, 0.2) is 18.3 Å². The number of hydrogen-bond acceptors (Lipinski definition) is 5. The van der Waals surface area contributed by atoms with E-state index >= 15 is 0 Å². The minimum Gasteiger partial charge on any atom is -0.377 e. The standard InChI is InChI=1S/C18H28FN5O/c1-6-16-20-14(2)11-17(21-16)23(13-18(3,4)25-5)12-15-7-9-24(22-15)10-8-19/h7,9,11H,6,8,10,12-13H2,1-5H3. The molecule has 0 amide bonds. The average molecular weight is 349 g/mol. The van der Waals surface area contributed by atoms with Gasteiger partial charge in [0.15, 0.2) is 0 Å². The molecular formula is C18H28FN5O. The second-order valence-electron chi connectivity index (χ2n) is 6.72. The molecule has 2 aromatic rings. The number of nitrogens with zero attached hydrogens (tertiary/aromatic N) is 5. The van der Waals surface area contributed by atoms with Crippen LogP contribution in [0.2, 0.25) is 0 Å². The van der Waals surface area contributed by atoms with E-state index in [1.165, 1.54) is 0 Å². The normalized spacial score (nSPS) is 11.8. The Balaban J connectivity index is 2.30. The Labute approximate surface area is 149 Å². The van der Waals surface area contributed by atoms with Crippen LogP contribution in [0, 0.1) is 6.92 Å². The number of halogens is 1. The first-order chi connectivity index (χ1) is 11.9. The van der Waals surface area contributed by atoms with E-state index in [0.29, 0.717) is 13.1 Å². The molecule has 0 N–H and O–H groups in total. The van der Waals surface area contributed by atoms with Gasteiger partial charge in [0.25, 0.3) is 0 Å². The number of aromatic nitrogens is 4. The second kappa shape index (κ2) is 8.38. The Bertz CT molecular complexity index is 686. The van der Waals surface area contributed by atoms with E-state index in [-0.39, 0.29) is 12.1 Å². The Kier molecular flexibility index (Phi) is 6.47. The molecule has 2 rings (SSSR count). The highest BCUT2D eigenvalue weighted by Crippen LogP contribution is 2.20. The zero-order valence-electron chi connectivity index (χ0n) is 15.8. The third-order valence-electron chi connectivity index (χ3n) is 4.01. The highest BCUT2D eigenvalue weighted by atomic mass is 19.1. The molecule has 0 fully saturated rings. The summed E-state index contributed by atoms with van der Waals surface area (Å²) >= 11 is 0. The third kappa shape index (κ3) is 5.49. The molecule has 0 saturated heterocycles. The van der Waals surface area contributed by atoms with Gasteiger partial charge < -0.3 is 9.64 Å². The van der Waals surface area contributed by atoms with Gasteiger partial charge in [-0.25, -0.2) is 14.4 Å². The Morgan fingerprint density at radius 2 is 2.08 bits per heavy atom.